The minimum atomic E-state index is -4.60. The van der Waals surface area contributed by atoms with E-state index < -0.39 is 23.0 Å². The molecule has 2 rings (SSSR count). The van der Waals surface area contributed by atoms with Crippen LogP contribution in [-0.4, -0.2) is 9.78 Å². The molecule has 0 amide bonds. The first-order chi connectivity index (χ1) is 11.8. The van der Waals surface area contributed by atoms with Gasteiger partial charge in [-0.05, 0) is 30.7 Å². The van der Waals surface area contributed by atoms with Crippen LogP contribution in [0, 0.1) is 40.9 Å². The minimum absolute atomic E-state index is 0.113. The Kier molecular flexibility index (Phi) is 4.76. The topological polar surface area (TPSA) is 101 Å². The molecule has 2 aromatic rings. The second-order valence-electron chi connectivity index (χ2n) is 4.90. The molecule has 0 aliphatic rings. The van der Waals surface area contributed by atoms with Crippen molar-refractivity contribution >= 4 is 5.69 Å². The van der Waals surface area contributed by atoms with Crippen LogP contribution >= 0.6 is 0 Å². The summed E-state index contributed by atoms with van der Waals surface area (Å²) in [5.74, 6) is 0. The summed E-state index contributed by atoms with van der Waals surface area (Å²) in [4.78, 5) is 0. The van der Waals surface area contributed by atoms with Crippen molar-refractivity contribution in [2.75, 3.05) is 5.32 Å². The number of hydrogen-bond acceptors (Lipinski definition) is 5. The van der Waals surface area contributed by atoms with Gasteiger partial charge < -0.3 is 5.32 Å². The van der Waals surface area contributed by atoms with Crippen molar-refractivity contribution in [3.63, 3.8) is 0 Å². The first-order valence-corrected chi connectivity index (χ1v) is 6.74. The Hall–Kier alpha value is -3.77. The number of nitrogens with one attached hydrogen (secondary N) is 1. The van der Waals surface area contributed by atoms with Gasteiger partial charge in [-0.2, -0.15) is 34.1 Å². The Morgan fingerprint density at radius 2 is 1.84 bits per heavy atom. The summed E-state index contributed by atoms with van der Waals surface area (Å²) in [6.07, 6.45) is -1.50. The van der Waals surface area contributed by atoms with Gasteiger partial charge in [-0.1, -0.05) is 0 Å². The van der Waals surface area contributed by atoms with Crippen molar-refractivity contribution in [1.82, 2.24) is 9.78 Å². The fraction of sp³-hybridized carbons (Fsp3) is 0.125. The van der Waals surface area contributed by atoms with Crippen molar-refractivity contribution < 1.29 is 13.2 Å². The minimum Gasteiger partial charge on any atom is -0.343 e. The molecule has 0 aliphatic carbocycles. The highest BCUT2D eigenvalue weighted by molar-refractivity contribution is 5.68. The molecule has 6 nitrogen and oxygen atoms in total. The van der Waals surface area contributed by atoms with E-state index in [0.29, 0.717) is 0 Å². The fourth-order valence-corrected chi connectivity index (χ4v) is 1.97. The number of allylic oxidation sites excluding steroid dienone is 2. The van der Waals surface area contributed by atoms with E-state index in [9.17, 15) is 13.2 Å². The maximum atomic E-state index is 13.0. The van der Waals surface area contributed by atoms with Gasteiger partial charge in [-0.15, -0.1) is 0 Å². The summed E-state index contributed by atoms with van der Waals surface area (Å²) >= 11 is 0. The zero-order valence-corrected chi connectivity index (χ0v) is 12.8. The second kappa shape index (κ2) is 6.77. The molecule has 0 bridgehead atoms. The third-order valence-corrected chi connectivity index (χ3v) is 3.13. The molecule has 1 aromatic heterocycles. The highest BCUT2D eigenvalue weighted by Gasteiger charge is 2.31. The molecule has 0 radical (unpaired) electrons. The monoisotopic (exact) mass is 342 g/mol. The zero-order valence-electron chi connectivity index (χ0n) is 12.8. The standard InChI is InChI=1S/C16H9F3N6/c1-10-8-23-25(9-10)15-3-2-12(16(17,18)19)4-13(15)24-14(7-22)11(5-20)6-21/h2-4,8-9,24H,1H3. The van der Waals surface area contributed by atoms with E-state index in [1.54, 1.807) is 19.2 Å². The normalized spacial score (nSPS) is 10.3. The lowest BCUT2D eigenvalue weighted by Crippen LogP contribution is -2.10. The van der Waals surface area contributed by atoms with Crippen LogP contribution in [0.5, 0.6) is 0 Å². The summed E-state index contributed by atoms with van der Waals surface area (Å²) in [6.45, 7) is 1.75. The number of anilines is 1. The lowest BCUT2D eigenvalue weighted by Gasteiger charge is -2.15. The number of nitriles is 3. The average molecular weight is 342 g/mol. The van der Waals surface area contributed by atoms with Crippen LogP contribution in [-0.2, 0) is 6.18 Å². The Morgan fingerprint density at radius 1 is 1.16 bits per heavy atom. The predicted octanol–water partition coefficient (Wildman–Crippen LogP) is 3.44. The van der Waals surface area contributed by atoms with Crippen LogP contribution in [0.4, 0.5) is 18.9 Å². The summed E-state index contributed by atoms with van der Waals surface area (Å²) in [5, 5.41) is 33.3. The van der Waals surface area contributed by atoms with Gasteiger partial charge in [0.15, 0.2) is 5.57 Å². The van der Waals surface area contributed by atoms with E-state index in [4.69, 9.17) is 15.8 Å². The van der Waals surface area contributed by atoms with Crippen molar-refractivity contribution in [2.45, 2.75) is 13.1 Å². The Bertz CT molecular complexity index is 947. The third-order valence-electron chi connectivity index (χ3n) is 3.13. The molecule has 9 heteroatoms. The fourth-order valence-electron chi connectivity index (χ4n) is 1.97. The molecule has 1 heterocycles. The highest BCUT2D eigenvalue weighted by atomic mass is 19.4. The molecule has 25 heavy (non-hydrogen) atoms. The van der Waals surface area contributed by atoms with Gasteiger partial charge in [0.05, 0.1) is 23.1 Å². The average Bonchev–Trinajstić information content (AvgIpc) is 3.00. The molecule has 0 saturated heterocycles. The Labute approximate surface area is 140 Å². The molecular weight excluding hydrogens is 333 g/mol. The van der Waals surface area contributed by atoms with Crippen LogP contribution in [0.2, 0.25) is 0 Å². The number of benzene rings is 1. The van der Waals surface area contributed by atoms with Crippen LogP contribution in [0.15, 0.2) is 41.9 Å². The van der Waals surface area contributed by atoms with Crippen LogP contribution in [0.1, 0.15) is 11.1 Å². The number of hydrogen-bond donors (Lipinski definition) is 1. The predicted molar refractivity (Wildman–Crippen MR) is 80.8 cm³/mol. The molecule has 124 valence electrons. The first kappa shape index (κ1) is 17.6. The van der Waals surface area contributed by atoms with E-state index in [0.717, 1.165) is 17.7 Å². The summed E-state index contributed by atoms with van der Waals surface area (Å²) in [5.41, 5.74) is -1.05. The van der Waals surface area contributed by atoms with Gasteiger partial charge in [-0.3, -0.25) is 0 Å². The number of aryl methyl sites for hydroxylation is 1. The molecule has 0 spiro atoms. The van der Waals surface area contributed by atoms with Crippen molar-refractivity contribution in [2.24, 2.45) is 0 Å². The van der Waals surface area contributed by atoms with Gasteiger partial charge in [0.1, 0.15) is 23.9 Å². The van der Waals surface area contributed by atoms with Gasteiger partial charge in [0, 0.05) is 6.20 Å². The van der Waals surface area contributed by atoms with Crippen molar-refractivity contribution in [1.29, 1.82) is 15.8 Å². The SMILES string of the molecule is Cc1cnn(-c2ccc(C(F)(F)F)cc2NC(C#N)=C(C#N)C#N)c1. The first-order valence-electron chi connectivity index (χ1n) is 6.74. The Balaban J connectivity index is 2.64. The maximum absolute atomic E-state index is 13.0. The van der Waals surface area contributed by atoms with E-state index >= 15 is 0 Å². The van der Waals surface area contributed by atoms with E-state index in [1.165, 1.54) is 29.1 Å². The smallest absolute Gasteiger partial charge is 0.343 e. The Morgan fingerprint density at radius 3 is 2.32 bits per heavy atom. The highest BCUT2D eigenvalue weighted by Crippen LogP contribution is 2.34. The molecule has 0 saturated carbocycles. The summed E-state index contributed by atoms with van der Waals surface area (Å²) in [6, 6.07) is 7.50. The summed E-state index contributed by atoms with van der Waals surface area (Å²) < 4.78 is 40.3. The molecule has 0 atom stereocenters. The maximum Gasteiger partial charge on any atom is 0.416 e. The van der Waals surface area contributed by atoms with Crippen molar-refractivity contribution in [3.8, 4) is 23.9 Å². The lowest BCUT2D eigenvalue weighted by molar-refractivity contribution is -0.137. The lowest BCUT2D eigenvalue weighted by atomic mass is 10.1. The zero-order chi connectivity index (χ0) is 18.6. The third kappa shape index (κ3) is 3.77. The molecule has 1 N–H and O–H groups in total. The van der Waals surface area contributed by atoms with Crippen LogP contribution in [0.3, 0.4) is 0 Å². The molecule has 0 fully saturated rings. The van der Waals surface area contributed by atoms with Gasteiger partial charge in [0.2, 0.25) is 0 Å². The number of halogens is 3. The van der Waals surface area contributed by atoms with Gasteiger partial charge in [0.25, 0.3) is 0 Å². The quantitative estimate of drug-likeness (QED) is 0.861. The van der Waals surface area contributed by atoms with Gasteiger partial charge >= 0.3 is 6.18 Å². The van der Waals surface area contributed by atoms with Crippen LogP contribution < -0.4 is 5.32 Å². The molecule has 0 unspecified atom stereocenters. The summed E-state index contributed by atoms with van der Waals surface area (Å²) in [7, 11) is 0. The molecular formula is C16H9F3N6. The number of aromatic nitrogens is 2. The molecule has 0 aliphatic heterocycles. The number of alkyl halides is 3. The largest absolute Gasteiger partial charge is 0.416 e. The van der Waals surface area contributed by atoms with Crippen molar-refractivity contribution in [3.05, 3.63) is 53.0 Å². The second-order valence-corrected chi connectivity index (χ2v) is 4.90. The molecule has 1 aromatic carbocycles. The number of rotatable bonds is 3. The van der Waals surface area contributed by atoms with Gasteiger partial charge in [-0.25, -0.2) is 4.68 Å². The number of nitrogens with zero attached hydrogens (tertiary/aromatic N) is 5. The van der Waals surface area contributed by atoms with E-state index in [2.05, 4.69) is 10.4 Å². The van der Waals surface area contributed by atoms with E-state index in [1.807, 2.05) is 0 Å². The van der Waals surface area contributed by atoms with E-state index in [-0.39, 0.29) is 11.4 Å². The van der Waals surface area contributed by atoms with Crippen LogP contribution in [0.25, 0.3) is 5.69 Å².